The summed E-state index contributed by atoms with van der Waals surface area (Å²) in [6, 6.07) is 15.8. The minimum absolute atomic E-state index is 0.0490. The largest absolute Gasteiger partial charge is 0.490 e. The summed E-state index contributed by atoms with van der Waals surface area (Å²) in [5.41, 5.74) is 25.0. The molecule has 12 N–H and O–H groups in total. The second kappa shape index (κ2) is 27.5. The molecular weight excluding hydrogens is 1100 g/mol. The molecule has 2 aromatic carbocycles. The fourth-order valence-corrected chi connectivity index (χ4v) is 12.0. The number of aromatic nitrogens is 2. The van der Waals surface area contributed by atoms with Crippen LogP contribution in [0, 0.1) is 24.2 Å². The van der Waals surface area contributed by atoms with Crippen LogP contribution >= 0.6 is 45.1 Å². The Morgan fingerprint density at radius 2 is 1.79 bits per heavy atom. The first kappa shape index (κ1) is 59.5. The number of nitrogens with zero attached hydrogens (tertiary/aromatic N) is 5. The normalized spacial score (nSPS) is 17.0. The lowest BCUT2D eigenvalue weighted by molar-refractivity contribution is -0.0601. The smallest absolute Gasteiger partial charge is 0.456 e. The molecule has 3 aromatic rings. The number of amides is 3. The van der Waals surface area contributed by atoms with E-state index >= 15 is 0 Å². The first-order valence-electron chi connectivity index (χ1n) is 22.6. The third-order valence-corrected chi connectivity index (χ3v) is 16.6. The van der Waals surface area contributed by atoms with Gasteiger partial charge < -0.3 is 71.0 Å². The molecule has 1 fully saturated rings. The number of hydrogen-bond acceptors (Lipinski definition) is 20. The maximum Gasteiger partial charge on any atom is 0.490 e. The number of fused-ring (bicyclic) bond motifs is 2. The van der Waals surface area contributed by atoms with Crippen molar-refractivity contribution in [1.29, 1.82) is 5.41 Å². The number of anilines is 2. The number of azide groups is 1. The molecule has 1 aromatic heterocycles. The zero-order valence-corrected chi connectivity index (χ0v) is 44.5. The number of phosphoric acid groups is 3. The van der Waals surface area contributed by atoms with Gasteiger partial charge in [-0.05, 0) is 79.2 Å². The highest BCUT2D eigenvalue weighted by atomic mass is 33.1. The van der Waals surface area contributed by atoms with E-state index < -0.39 is 67.0 Å². The van der Waals surface area contributed by atoms with Gasteiger partial charge in [0, 0.05) is 82.9 Å². The molecule has 2 unspecified atom stereocenters. The Hall–Kier alpha value is -5.79. The molecular formula is C43H52N11O17P3S2. The lowest BCUT2D eigenvalue weighted by Crippen LogP contribution is -2.36. The van der Waals surface area contributed by atoms with E-state index in [0.29, 0.717) is 65.8 Å². The average Bonchev–Trinajstić information content (AvgIpc) is 3.75. The number of ether oxygens (including phenoxy) is 3. The van der Waals surface area contributed by atoms with Crippen LogP contribution in [-0.4, -0.2) is 105 Å². The number of phosphoric ester groups is 1. The molecule has 0 radical (unpaired) electrons. The summed E-state index contributed by atoms with van der Waals surface area (Å²) < 4.78 is 71.0. The number of carbonyl (C=O) groups excluding carboxylic acids is 2. The van der Waals surface area contributed by atoms with Crippen molar-refractivity contribution in [3.05, 3.63) is 104 Å². The topological polar surface area (TPSA) is 430 Å². The Morgan fingerprint density at radius 3 is 2.57 bits per heavy atom. The number of urea groups is 1. The van der Waals surface area contributed by atoms with Crippen LogP contribution in [0.15, 0.2) is 75.1 Å². The minimum atomic E-state index is -5.81. The number of hydrogen-bond donors (Lipinski definition) is 10. The van der Waals surface area contributed by atoms with Gasteiger partial charge in [-0.15, -0.1) is 0 Å². The summed E-state index contributed by atoms with van der Waals surface area (Å²) >= 11 is 0. The van der Waals surface area contributed by atoms with E-state index in [9.17, 15) is 37.9 Å². The summed E-state index contributed by atoms with van der Waals surface area (Å²) in [6.07, 6.45) is -0.408. The van der Waals surface area contributed by atoms with E-state index in [2.05, 4.69) is 55.9 Å². The number of nitrogen functional groups attached to an aromatic ring is 2. The molecule has 1 saturated heterocycles. The second-order valence-electron chi connectivity index (χ2n) is 16.2. The third kappa shape index (κ3) is 17.9. The summed E-state index contributed by atoms with van der Waals surface area (Å²) in [5, 5.41) is 20.8. The number of aryl methyl sites for hydroxylation is 1. The fourth-order valence-electron chi connectivity index (χ4n) is 7.36. The summed E-state index contributed by atoms with van der Waals surface area (Å²) in [6.45, 7) is 1.73. The first-order chi connectivity index (χ1) is 36.1. The van der Waals surface area contributed by atoms with Gasteiger partial charge >= 0.3 is 35.2 Å². The van der Waals surface area contributed by atoms with Crippen LogP contribution in [0.1, 0.15) is 53.4 Å². The number of carbonyl (C=O) groups is 2. The van der Waals surface area contributed by atoms with Crippen LogP contribution in [-0.2, 0) is 41.1 Å². The zero-order chi connectivity index (χ0) is 55.0. The number of benzene rings is 3. The summed E-state index contributed by atoms with van der Waals surface area (Å²) in [4.78, 5) is 81.5. The molecule has 0 bridgehead atoms. The molecule has 28 nitrogen and oxygen atoms in total. The van der Waals surface area contributed by atoms with Crippen molar-refractivity contribution in [2.45, 2.75) is 51.0 Å². The molecule has 0 saturated carbocycles. The van der Waals surface area contributed by atoms with Gasteiger partial charge in [-0.3, -0.25) is 13.9 Å². The van der Waals surface area contributed by atoms with Crippen LogP contribution in [0.3, 0.4) is 0 Å². The Bertz CT molecular complexity index is 3260. The van der Waals surface area contributed by atoms with E-state index in [0.717, 1.165) is 45.0 Å². The van der Waals surface area contributed by atoms with Crippen molar-refractivity contribution in [2.24, 2.45) is 5.11 Å². The van der Waals surface area contributed by atoms with Gasteiger partial charge in [-0.1, -0.05) is 44.6 Å². The van der Waals surface area contributed by atoms with Crippen LogP contribution in [0.4, 0.5) is 16.3 Å². The monoisotopic (exact) mass is 1150 g/mol. The van der Waals surface area contributed by atoms with Crippen molar-refractivity contribution in [2.75, 3.05) is 62.7 Å². The molecule has 1 aliphatic carbocycles. The van der Waals surface area contributed by atoms with E-state index in [-0.39, 0.29) is 30.3 Å². The highest BCUT2D eigenvalue weighted by molar-refractivity contribution is 8.76. The fraction of sp³-hybridized carbons (Fsp3) is 0.372. The molecule has 3 aliphatic rings. The van der Waals surface area contributed by atoms with Crippen molar-refractivity contribution >= 4 is 79.5 Å². The highest BCUT2D eigenvalue weighted by Crippen LogP contribution is 2.66. The van der Waals surface area contributed by atoms with Gasteiger partial charge in [0.05, 0.1) is 30.2 Å². The summed E-state index contributed by atoms with van der Waals surface area (Å²) in [5.74, 6) is 6.61. The maximum atomic E-state index is 13.3. The van der Waals surface area contributed by atoms with Crippen molar-refractivity contribution in [1.82, 2.24) is 25.5 Å². The predicted molar refractivity (Wildman–Crippen MR) is 279 cm³/mol. The van der Waals surface area contributed by atoms with E-state index in [1.54, 1.807) is 35.1 Å². The van der Waals surface area contributed by atoms with E-state index in [4.69, 9.17) is 50.8 Å². The summed E-state index contributed by atoms with van der Waals surface area (Å²) in [7, 11) is -13.9. The van der Waals surface area contributed by atoms with Crippen LogP contribution in [0.5, 0.6) is 0 Å². The van der Waals surface area contributed by atoms with Gasteiger partial charge in [0.25, 0.3) is 5.91 Å². The maximum absolute atomic E-state index is 13.3. The van der Waals surface area contributed by atoms with Crippen LogP contribution in [0.2, 0.25) is 0 Å². The van der Waals surface area contributed by atoms with Crippen molar-refractivity contribution < 1.29 is 74.6 Å². The van der Waals surface area contributed by atoms with E-state index in [1.807, 2.05) is 37.3 Å². The van der Waals surface area contributed by atoms with Crippen LogP contribution in [0.25, 0.3) is 43.9 Å². The SMILES string of the molecule is Cc1ccc(C(=O)NCCSSCOCCCCCNC(=O)NCC#Cc2cn([C@H]3C[C@@H](OCN=[N+]=[N-])[C@@H](COP(=O)(O)OP(=O)(O)OP(=O)(O)O)O3)c(=O)nc2N)cc1-c1c2ccc(=N)cc-2oc2cc(N)ccc12. The average molecular weight is 1150 g/mol. The Kier molecular flexibility index (Phi) is 21.5. The number of nitrogens with two attached hydrogens (primary N) is 2. The molecule has 33 heteroatoms. The molecule has 5 atom stereocenters. The Labute approximate surface area is 440 Å². The van der Waals surface area contributed by atoms with E-state index in [1.165, 1.54) is 17.0 Å². The molecule has 408 valence electrons. The molecule has 3 amide bonds. The quantitative estimate of drug-likeness (QED) is 0.00307. The Balaban J connectivity index is 0.852. The van der Waals surface area contributed by atoms with Gasteiger partial charge in [-0.25, -0.2) is 23.3 Å². The standard InChI is InChI=1S/C43H52N11O17P3S2/c1-26-7-8-27(18-33(26)39-31-11-9-29(44)19-34(31)68-35-20-30(45)10-12-32(35)39)41(55)48-15-17-75-76-25-65-16-4-2-3-13-49-42(56)50-14-5-6-28-22-54(43(57)52-40(28)46)38-21-36(66-24-51-53-47)37(69-38)23-67-73(61,62)71-74(63,64)70-72(58,59)60/h7-12,18-20,22,36-38,44H,2-4,13-17,21,23-25,45H2,1H3,(H,48,55)(H,61,62)(H,63,64)(H2,46,52,57)(H2,49,50,56)(H2,58,59,60)/t36-,37-,38-/m1/s1. The highest BCUT2D eigenvalue weighted by Gasteiger charge is 2.43. The lowest BCUT2D eigenvalue weighted by atomic mass is 9.90. The number of unbranched alkanes of at least 4 members (excludes halogenated alkanes) is 2. The minimum Gasteiger partial charge on any atom is -0.456 e. The van der Waals surface area contributed by atoms with Gasteiger partial charge in [0.15, 0.2) is 0 Å². The second-order valence-corrected chi connectivity index (χ2v) is 23.2. The van der Waals surface area contributed by atoms with Crippen molar-refractivity contribution in [3.63, 3.8) is 0 Å². The van der Waals surface area contributed by atoms with Gasteiger partial charge in [-0.2, -0.15) is 13.6 Å². The lowest BCUT2D eigenvalue weighted by Gasteiger charge is -2.21. The third-order valence-electron chi connectivity index (χ3n) is 10.7. The van der Waals surface area contributed by atoms with Crippen LogP contribution < -0.4 is 38.5 Å². The Morgan fingerprint density at radius 1 is 0.987 bits per heavy atom. The number of rotatable bonds is 26. The van der Waals surface area contributed by atoms with Gasteiger partial charge in [0.1, 0.15) is 42.2 Å². The predicted octanol–water partition coefficient (Wildman–Crippen LogP) is 5.60. The zero-order valence-electron chi connectivity index (χ0n) is 40.1. The first-order valence-corrected chi connectivity index (χ1v) is 29.6. The molecule has 76 heavy (non-hydrogen) atoms. The molecule has 2 aliphatic heterocycles. The molecule has 0 spiro atoms. The van der Waals surface area contributed by atoms with Gasteiger partial charge in [0.2, 0.25) is 0 Å². The number of nitrogens with one attached hydrogen (secondary N) is 4. The molecule has 3 heterocycles. The van der Waals surface area contributed by atoms with Crippen molar-refractivity contribution in [3.8, 4) is 34.3 Å². The molecule has 6 rings (SSSR count).